The number of aryl methyl sites for hydroxylation is 2. The zero-order valence-electron chi connectivity index (χ0n) is 18.0. The molecule has 0 bridgehead atoms. The molecule has 3 heterocycles. The van der Waals surface area contributed by atoms with Crippen LogP contribution >= 0.6 is 0 Å². The van der Waals surface area contributed by atoms with Crippen LogP contribution in [0.15, 0.2) is 24.3 Å². The fourth-order valence-corrected chi connectivity index (χ4v) is 3.54. The average Bonchev–Trinajstić information content (AvgIpc) is 3.07. The van der Waals surface area contributed by atoms with Gasteiger partial charge in [0.25, 0.3) is 0 Å². The Labute approximate surface area is 180 Å². The molecule has 164 valence electrons. The van der Waals surface area contributed by atoms with Crippen molar-refractivity contribution in [3.8, 4) is 5.88 Å². The molecule has 1 aliphatic rings. The number of fused-ring (bicyclic) bond motifs is 1. The lowest BCUT2D eigenvalue weighted by atomic mass is 10.1. The molecule has 9 heteroatoms. The van der Waals surface area contributed by atoms with Gasteiger partial charge in [-0.25, -0.2) is 9.78 Å². The Morgan fingerprint density at radius 3 is 2.81 bits per heavy atom. The fourth-order valence-electron chi connectivity index (χ4n) is 3.54. The first-order valence-corrected chi connectivity index (χ1v) is 10.3. The number of methoxy groups -OCH3 is 1. The molecular formula is C22H27N5O4. The molecule has 1 aromatic carbocycles. The highest BCUT2D eigenvalue weighted by Gasteiger charge is 2.15. The summed E-state index contributed by atoms with van der Waals surface area (Å²) in [6, 6.07) is 7.70. The molecule has 0 radical (unpaired) electrons. The van der Waals surface area contributed by atoms with E-state index < -0.39 is 5.97 Å². The molecule has 0 saturated carbocycles. The van der Waals surface area contributed by atoms with E-state index in [4.69, 9.17) is 14.2 Å². The Bertz CT molecular complexity index is 1080. The van der Waals surface area contributed by atoms with Crippen molar-refractivity contribution in [2.75, 3.05) is 51.9 Å². The molecule has 0 atom stereocenters. The van der Waals surface area contributed by atoms with E-state index in [0.717, 1.165) is 55.1 Å². The van der Waals surface area contributed by atoms with Gasteiger partial charge in [-0.2, -0.15) is 4.98 Å². The molecule has 3 aromatic rings. The zero-order chi connectivity index (χ0) is 21.8. The van der Waals surface area contributed by atoms with Crippen LogP contribution in [0.4, 0.5) is 11.5 Å². The van der Waals surface area contributed by atoms with Gasteiger partial charge in [0.05, 0.1) is 20.3 Å². The number of rotatable bonds is 7. The molecule has 2 aromatic heterocycles. The second-order valence-electron chi connectivity index (χ2n) is 7.47. The molecular weight excluding hydrogens is 398 g/mol. The molecule has 0 aliphatic carbocycles. The summed E-state index contributed by atoms with van der Waals surface area (Å²) in [5, 5.41) is 4.38. The summed E-state index contributed by atoms with van der Waals surface area (Å²) in [5.41, 5.74) is 4.26. The summed E-state index contributed by atoms with van der Waals surface area (Å²) < 4.78 is 16.0. The van der Waals surface area contributed by atoms with Crippen LogP contribution in [0.1, 0.15) is 21.9 Å². The van der Waals surface area contributed by atoms with Crippen LogP contribution in [0.5, 0.6) is 5.88 Å². The highest BCUT2D eigenvalue weighted by atomic mass is 16.5. The topological polar surface area (TPSA) is 102 Å². The summed E-state index contributed by atoms with van der Waals surface area (Å²) in [6.07, 6.45) is 0. The number of carbonyl (C=O) groups is 1. The monoisotopic (exact) mass is 425 g/mol. The number of esters is 1. The Balaban J connectivity index is 1.52. The highest BCUT2D eigenvalue weighted by Crippen LogP contribution is 2.26. The summed E-state index contributed by atoms with van der Waals surface area (Å²) >= 11 is 0. The number of H-pyrrole nitrogens is 1. The van der Waals surface area contributed by atoms with Crippen LogP contribution in [-0.4, -0.2) is 72.4 Å². The lowest BCUT2D eigenvalue weighted by molar-refractivity contribution is 0.0319. The van der Waals surface area contributed by atoms with Gasteiger partial charge in [-0.05, 0) is 37.6 Å². The molecule has 0 spiro atoms. The number of ether oxygens (including phenoxy) is 3. The Hall–Kier alpha value is -3.17. The van der Waals surface area contributed by atoms with Crippen LogP contribution in [0.3, 0.4) is 0 Å². The number of morpholine rings is 1. The molecule has 9 nitrogen and oxygen atoms in total. The largest absolute Gasteiger partial charge is 0.476 e. The number of carbonyl (C=O) groups excluding carboxylic acids is 1. The number of nitrogens with zero attached hydrogens (tertiary/aromatic N) is 3. The second kappa shape index (κ2) is 9.32. The van der Waals surface area contributed by atoms with Gasteiger partial charge >= 0.3 is 5.97 Å². The van der Waals surface area contributed by atoms with Crippen molar-refractivity contribution in [1.82, 2.24) is 19.9 Å². The third kappa shape index (κ3) is 4.95. The van der Waals surface area contributed by atoms with E-state index in [-0.39, 0.29) is 5.82 Å². The first-order valence-electron chi connectivity index (χ1n) is 10.3. The number of aromatic nitrogens is 3. The SMILES string of the molecule is COC(=O)c1nc(Nc2ccc3[nH]c(C)c(C)c3c2)cc(OCCN2CCOCC2)n1. The van der Waals surface area contributed by atoms with Crippen molar-refractivity contribution in [2.45, 2.75) is 13.8 Å². The summed E-state index contributed by atoms with van der Waals surface area (Å²) in [5.74, 6) is 0.111. The van der Waals surface area contributed by atoms with E-state index >= 15 is 0 Å². The number of benzene rings is 1. The van der Waals surface area contributed by atoms with E-state index in [1.54, 1.807) is 6.07 Å². The van der Waals surface area contributed by atoms with Gasteiger partial charge < -0.3 is 24.5 Å². The maximum Gasteiger partial charge on any atom is 0.376 e. The van der Waals surface area contributed by atoms with Crippen LogP contribution in [0.25, 0.3) is 10.9 Å². The van der Waals surface area contributed by atoms with E-state index in [1.807, 2.05) is 18.2 Å². The normalized spacial score (nSPS) is 14.5. The summed E-state index contributed by atoms with van der Waals surface area (Å²) in [4.78, 5) is 26.2. The van der Waals surface area contributed by atoms with Gasteiger partial charge in [0.2, 0.25) is 11.7 Å². The number of anilines is 2. The van der Waals surface area contributed by atoms with Crippen LogP contribution < -0.4 is 10.1 Å². The maximum absolute atomic E-state index is 12.1. The van der Waals surface area contributed by atoms with Gasteiger partial charge in [0.1, 0.15) is 12.4 Å². The number of aromatic amines is 1. The van der Waals surface area contributed by atoms with Crippen molar-refractivity contribution in [3.05, 3.63) is 41.3 Å². The zero-order valence-corrected chi connectivity index (χ0v) is 18.0. The van der Waals surface area contributed by atoms with Crippen molar-refractivity contribution >= 4 is 28.4 Å². The molecule has 1 saturated heterocycles. The van der Waals surface area contributed by atoms with Crippen LogP contribution in [0.2, 0.25) is 0 Å². The van der Waals surface area contributed by atoms with E-state index in [1.165, 1.54) is 12.7 Å². The predicted octanol–water partition coefficient (Wildman–Crippen LogP) is 2.82. The Morgan fingerprint density at radius 2 is 2.03 bits per heavy atom. The van der Waals surface area contributed by atoms with E-state index in [2.05, 4.69) is 39.0 Å². The summed E-state index contributed by atoms with van der Waals surface area (Å²) in [6.45, 7) is 8.57. The molecule has 0 unspecified atom stereocenters. The van der Waals surface area contributed by atoms with Gasteiger partial charge in [0, 0.05) is 48.0 Å². The van der Waals surface area contributed by atoms with Crippen molar-refractivity contribution in [1.29, 1.82) is 0 Å². The summed E-state index contributed by atoms with van der Waals surface area (Å²) in [7, 11) is 1.30. The molecule has 1 aliphatic heterocycles. The van der Waals surface area contributed by atoms with Crippen LogP contribution in [0, 0.1) is 13.8 Å². The smallest absolute Gasteiger partial charge is 0.376 e. The van der Waals surface area contributed by atoms with Gasteiger partial charge in [-0.15, -0.1) is 0 Å². The molecule has 4 rings (SSSR count). The lowest BCUT2D eigenvalue weighted by Gasteiger charge is -2.26. The number of nitrogens with one attached hydrogen (secondary N) is 2. The van der Waals surface area contributed by atoms with Crippen molar-refractivity contribution in [3.63, 3.8) is 0 Å². The quantitative estimate of drug-likeness (QED) is 0.557. The Kier molecular flexibility index (Phi) is 6.34. The lowest BCUT2D eigenvalue weighted by Crippen LogP contribution is -2.38. The third-order valence-corrected chi connectivity index (χ3v) is 5.41. The minimum absolute atomic E-state index is 0.0522. The third-order valence-electron chi connectivity index (χ3n) is 5.41. The average molecular weight is 425 g/mol. The first kappa shape index (κ1) is 21.1. The molecule has 31 heavy (non-hydrogen) atoms. The number of hydrogen-bond donors (Lipinski definition) is 2. The van der Waals surface area contributed by atoms with E-state index in [0.29, 0.717) is 18.3 Å². The van der Waals surface area contributed by atoms with Gasteiger partial charge in [-0.1, -0.05) is 0 Å². The first-order chi connectivity index (χ1) is 15.0. The predicted molar refractivity (Wildman–Crippen MR) is 117 cm³/mol. The van der Waals surface area contributed by atoms with Crippen molar-refractivity contribution in [2.24, 2.45) is 0 Å². The van der Waals surface area contributed by atoms with Gasteiger partial charge in [-0.3, -0.25) is 4.90 Å². The van der Waals surface area contributed by atoms with Crippen molar-refractivity contribution < 1.29 is 19.0 Å². The van der Waals surface area contributed by atoms with Crippen LogP contribution in [-0.2, 0) is 9.47 Å². The Morgan fingerprint density at radius 1 is 1.23 bits per heavy atom. The maximum atomic E-state index is 12.1. The fraction of sp³-hybridized carbons (Fsp3) is 0.409. The van der Waals surface area contributed by atoms with Gasteiger partial charge in [0.15, 0.2) is 0 Å². The molecule has 1 fully saturated rings. The highest BCUT2D eigenvalue weighted by molar-refractivity contribution is 5.88. The van der Waals surface area contributed by atoms with E-state index in [9.17, 15) is 4.79 Å². The molecule has 0 amide bonds. The standard InChI is InChI=1S/C22H27N5O4/c1-14-15(2)23-18-5-4-16(12-17(14)18)24-19-13-20(26-21(25-19)22(28)29-3)31-11-8-27-6-9-30-10-7-27/h4-5,12-13,23H,6-11H2,1-3H3,(H,24,25,26). The molecule has 2 N–H and O–H groups in total. The second-order valence-corrected chi connectivity index (χ2v) is 7.47. The minimum atomic E-state index is -0.616. The number of hydrogen-bond acceptors (Lipinski definition) is 8. The minimum Gasteiger partial charge on any atom is -0.476 e.